The van der Waals surface area contributed by atoms with Gasteiger partial charge in [0.15, 0.2) is 0 Å². The van der Waals surface area contributed by atoms with Crippen LogP contribution in [0.4, 0.5) is 18.0 Å². The van der Waals surface area contributed by atoms with Crippen molar-refractivity contribution >= 4 is 12.0 Å². The van der Waals surface area contributed by atoms with E-state index in [1.54, 1.807) is 12.3 Å². The number of benzene rings is 1. The quantitative estimate of drug-likeness (QED) is 0.489. The third-order valence-electron chi connectivity index (χ3n) is 7.49. The van der Waals surface area contributed by atoms with Gasteiger partial charge in [-0.15, -0.1) is 0 Å². The number of carbonyl (C=O) groups excluding carboxylic acids is 2. The van der Waals surface area contributed by atoms with Gasteiger partial charge in [-0.05, 0) is 68.4 Å². The van der Waals surface area contributed by atoms with E-state index in [1.165, 1.54) is 12.1 Å². The fraction of sp³-hybridized carbons (Fsp3) is 0.500. The van der Waals surface area contributed by atoms with Gasteiger partial charge in [-0.3, -0.25) is 9.78 Å². The van der Waals surface area contributed by atoms with E-state index in [1.807, 2.05) is 17.0 Å². The molecule has 1 unspecified atom stereocenters. The van der Waals surface area contributed by atoms with Crippen molar-refractivity contribution in [3.05, 3.63) is 65.5 Å². The van der Waals surface area contributed by atoms with Crippen molar-refractivity contribution in [2.75, 3.05) is 13.2 Å². The molecule has 200 valence electrons. The molecule has 2 fully saturated rings. The molecule has 37 heavy (non-hydrogen) atoms. The minimum absolute atomic E-state index is 0.0472. The van der Waals surface area contributed by atoms with Gasteiger partial charge in [-0.1, -0.05) is 18.2 Å². The van der Waals surface area contributed by atoms with Crippen LogP contribution in [0.2, 0.25) is 0 Å². The number of hydrogen-bond acceptors (Lipinski definition) is 6. The van der Waals surface area contributed by atoms with Gasteiger partial charge in [0.25, 0.3) is 5.91 Å². The molecule has 0 saturated heterocycles. The number of ether oxygens (including phenoxy) is 1. The first-order chi connectivity index (χ1) is 17.5. The van der Waals surface area contributed by atoms with Crippen molar-refractivity contribution in [3.63, 3.8) is 0 Å². The van der Waals surface area contributed by atoms with Crippen LogP contribution in [0.15, 0.2) is 48.7 Å². The van der Waals surface area contributed by atoms with Gasteiger partial charge in [-0.2, -0.15) is 13.2 Å². The van der Waals surface area contributed by atoms with Gasteiger partial charge in [0.1, 0.15) is 6.61 Å². The lowest BCUT2D eigenvalue weighted by molar-refractivity contribution is -0.277. The number of carbonyl (C=O) groups is 2. The van der Waals surface area contributed by atoms with Crippen LogP contribution in [0.25, 0.3) is 0 Å². The Morgan fingerprint density at radius 2 is 1.68 bits per heavy atom. The third kappa shape index (κ3) is 5.42. The number of alkyl halides is 3. The number of primary amides is 1. The Bertz CT molecular complexity index is 1100. The molecular weight excluding hydrogens is 491 g/mol. The topological polar surface area (TPSA) is 126 Å². The Hall–Kier alpha value is -3.18. The van der Waals surface area contributed by atoms with Gasteiger partial charge in [0, 0.05) is 35.0 Å². The zero-order chi connectivity index (χ0) is 26.8. The van der Waals surface area contributed by atoms with E-state index in [-0.39, 0.29) is 30.2 Å². The Kier molecular flexibility index (Phi) is 7.48. The van der Waals surface area contributed by atoms with E-state index in [2.05, 4.69) is 4.98 Å². The average molecular weight is 522 g/mol. The monoisotopic (exact) mass is 521 g/mol. The number of aliphatic hydroxyl groups is 2. The molecule has 11 heteroatoms. The summed E-state index contributed by atoms with van der Waals surface area (Å²) in [5, 5.41) is 19.2. The van der Waals surface area contributed by atoms with E-state index in [4.69, 9.17) is 10.5 Å². The molecule has 1 aromatic heterocycles. The van der Waals surface area contributed by atoms with Crippen LogP contribution in [0.3, 0.4) is 0 Å². The van der Waals surface area contributed by atoms with Crippen LogP contribution in [0, 0.1) is 0 Å². The van der Waals surface area contributed by atoms with Crippen LogP contribution in [0.5, 0.6) is 0 Å². The predicted octanol–water partition coefficient (Wildman–Crippen LogP) is 3.40. The number of aliphatic hydroxyl groups excluding tert-OH is 1. The summed E-state index contributed by atoms with van der Waals surface area (Å²) in [5.41, 5.74) is 1.74. The first-order valence-electron chi connectivity index (χ1n) is 12.2. The van der Waals surface area contributed by atoms with Crippen molar-refractivity contribution in [3.8, 4) is 0 Å². The average Bonchev–Trinajstić information content (AvgIpc) is 3.73. The van der Waals surface area contributed by atoms with Gasteiger partial charge in [0.2, 0.25) is 5.60 Å². The van der Waals surface area contributed by atoms with Gasteiger partial charge in [-0.25, -0.2) is 4.79 Å². The van der Waals surface area contributed by atoms with Crippen LogP contribution < -0.4 is 5.73 Å². The highest BCUT2D eigenvalue weighted by Gasteiger charge is 2.54. The van der Waals surface area contributed by atoms with Crippen LogP contribution in [0.1, 0.15) is 60.1 Å². The summed E-state index contributed by atoms with van der Waals surface area (Å²) in [7, 11) is 0. The summed E-state index contributed by atoms with van der Waals surface area (Å²) >= 11 is 0. The summed E-state index contributed by atoms with van der Waals surface area (Å²) in [6, 6.07) is 10.0. The molecule has 1 aromatic carbocycles. The molecule has 0 bridgehead atoms. The number of pyridine rings is 1. The van der Waals surface area contributed by atoms with Crippen LogP contribution in [-0.2, 0) is 15.8 Å². The van der Waals surface area contributed by atoms with Crippen molar-refractivity contribution in [1.29, 1.82) is 0 Å². The minimum Gasteiger partial charge on any atom is -0.449 e. The largest absolute Gasteiger partial charge is 0.449 e. The minimum atomic E-state index is -5.08. The molecule has 2 aliphatic rings. The Balaban J connectivity index is 1.52. The van der Waals surface area contributed by atoms with E-state index >= 15 is 0 Å². The van der Waals surface area contributed by atoms with E-state index < -0.39 is 35.5 Å². The van der Waals surface area contributed by atoms with E-state index in [0.717, 1.165) is 30.7 Å². The highest BCUT2D eigenvalue weighted by atomic mass is 19.4. The number of amides is 2. The predicted molar refractivity (Wildman–Crippen MR) is 126 cm³/mol. The molecule has 0 aliphatic heterocycles. The molecule has 4 rings (SSSR count). The van der Waals surface area contributed by atoms with E-state index in [9.17, 15) is 33.0 Å². The smallest absolute Gasteiger partial charge is 0.423 e. The molecule has 1 heterocycles. The lowest BCUT2D eigenvalue weighted by Gasteiger charge is -2.43. The zero-order valence-corrected chi connectivity index (χ0v) is 20.2. The number of halogens is 3. The Labute approximate surface area is 212 Å². The van der Waals surface area contributed by atoms with Crippen LogP contribution in [-0.4, -0.2) is 63.6 Å². The highest BCUT2D eigenvalue weighted by Crippen LogP contribution is 2.43. The molecule has 8 nitrogen and oxygen atoms in total. The first kappa shape index (κ1) is 26.9. The fourth-order valence-corrected chi connectivity index (χ4v) is 5.16. The van der Waals surface area contributed by atoms with Crippen molar-refractivity contribution in [1.82, 2.24) is 9.88 Å². The maximum absolute atomic E-state index is 13.5. The number of nitrogens with two attached hydrogens (primary N) is 1. The maximum atomic E-state index is 13.5. The zero-order valence-electron chi connectivity index (χ0n) is 20.2. The van der Waals surface area contributed by atoms with Crippen molar-refractivity contribution < 1.29 is 37.7 Å². The van der Waals surface area contributed by atoms with Crippen molar-refractivity contribution in [2.24, 2.45) is 5.73 Å². The number of aromatic nitrogens is 1. The molecule has 4 N–H and O–H groups in total. The van der Waals surface area contributed by atoms with Crippen molar-refractivity contribution in [2.45, 2.75) is 67.8 Å². The summed E-state index contributed by atoms with van der Waals surface area (Å²) in [4.78, 5) is 31.1. The molecule has 2 aromatic rings. The summed E-state index contributed by atoms with van der Waals surface area (Å²) in [6.45, 7) is -1.45. The second-order valence-electron chi connectivity index (χ2n) is 9.87. The lowest BCUT2D eigenvalue weighted by Crippen LogP contribution is -2.48. The van der Waals surface area contributed by atoms with Gasteiger partial charge < -0.3 is 25.6 Å². The molecule has 0 radical (unpaired) electrons. The van der Waals surface area contributed by atoms with Crippen LogP contribution >= 0.6 is 0 Å². The Morgan fingerprint density at radius 1 is 1.05 bits per heavy atom. The summed E-state index contributed by atoms with van der Waals surface area (Å²) < 4.78 is 45.1. The fourth-order valence-electron chi connectivity index (χ4n) is 5.16. The second kappa shape index (κ2) is 10.3. The SMILES string of the molecule is NC(=O)OC[C@]1(c2ccccn2)CC[C@@H](N(C(=O)c2ccc(C(O)(CO)C(F)(F)F)cc2)C2CC2)CC1. The van der Waals surface area contributed by atoms with E-state index in [0.29, 0.717) is 25.7 Å². The third-order valence-corrected chi connectivity index (χ3v) is 7.49. The first-order valence-corrected chi connectivity index (χ1v) is 12.2. The summed E-state index contributed by atoms with van der Waals surface area (Å²) in [6.07, 6.45) is -0.131. The summed E-state index contributed by atoms with van der Waals surface area (Å²) in [5.74, 6) is -0.294. The normalized spacial score (nSPS) is 23.6. The number of rotatable bonds is 8. The Morgan fingerprint density at radius 3 is 2.16 bits per heavy atom. The standard InChI is InChI=1S/C26H30F3N3O5/c27-26(28,29)25(36,15-33)18-6-4-17(5-7-18)22(34)32(19-8-9-19)20-10-12-24(13-11-20,16-37-23(30)35)21-3-1-2-14-31-21/h1-7,14,19-20,33,36H,8-13,15-16H2,(H2,30,35)/t20-,24+,25?. The molecule has 2 saturated carbocycles. The highest BCUT2D eigenvalue weighted by molar-refractivity contribution is 5.95. The van der Waals surface area contributed by atoms with Gasteiger partial charge >= 0.3 is 12.3 Å². The molecular formula is C26H30F3N3O5. The molecule has 1 atom stereocenters. The number of nitrogens with zero attached hydrogens (tertiary/aromatic N) is 2. The molecule has 0 spiro atoms. The molecule has 2 amide bonds. The molecule has 2 aliphatic carbocycles. The van der Waals surface area contributed by atoms with Gasteiger partial charge in [0.05, 0.1) is 6.61 Å². The number of hydrogen-bond donors (Lipinski definition) is 3. The maximum Gasteiger partial charge on any atom is 0.423 e. The lowest BCUT2D eigenvalue weighted by atomic mass is 9.70. The second-order valence-corrected chi connectivity index (χ2v) is 9.87.